The van der Waals surface area contributed by atoms with Gasteiger partial charge in [-0.05, 0) is 32.3 Å². The highest BCUT2D eigenvalue weighted by Crippen LogP contribution is 2.36. The summed E-state index contributed by atoms with van der Waals surface area (Å²) in [5.74, 6) is 1.04. The Kier molecular flexibility index (Phi) is 4.20. The quantitative estimate of drug-likeness (QED) is 0.892. The lowest BCUT2D eigenvalue weighted by Crippen LogP contribution is -2.52. The highest BCUT2D eigenvalue weighted by molar-refractivity contribution is 5.46. The monoisotopic (exact) mass is 291 g/mol. The molecule has 1 aromatic rings. The van der Waals surface area contributed by atoms with Crippen molar-refractivity contribution >= 4 is 0 Å². The van der Waals surface area contributed by atoms with Gasteiger partial charge in [-0.2, -0.15) is 0 Å². The predicted molar refractivity (Wildman–Crippen MR) is 81.7 cm³/mol. The number of nitrogens with one attached hydrogen (secondary N) is 1. The van der Waals surface area contributed by atoms with Crippen LogP contribution in [-0.4, -0.2) is 38.1 Å². The molecule has 0 bridgehead atoms. The zero-order valence-corrected chi connectivity index (χ0v) is 12.9. The van der Waals surface area contributed by atoms with E-state index in [0.29, 0.717) is 19.3 Å². The minimum atomic E-state index is -0.0911. The number of fused-ring (bicyclic) bond motifs is 1. The lowest BCUT2D eigenvalue weighted by atomic mass is 9.86. The third kappa shape index (κ3) is 2.93. The first-order valence-corrected chi connectivity index (χ1v) is 7.79. The number of aliphatic hydroxyl groups is 1. The summed E-state index contributed by atoms with van der Waals surface area (Å²) >= 11 is 0. The topological polar surface area (TPSA) is 50.7 Å². The van der Waals surface area contributed by atoms with Crippen molar-refractivity contribution < 1.29 is 14.6 Å². The average Bonchev–Trinajstić information content (AvgIpc) is 2.61. The molecule has 0 spiro atoms. The van der Waals surface area contributed by atoms with Crippen LogP contribution < -0.4 is 10.1 Å². The third-order valence-electron chi connectivity index (χ3n) is 4.58. The van der Waals surface area contributed by atoms with Crippen molar-refractivity contribution in [2.75, 3.05) is 33.0 Å². The number of aryl methyl sites for hydroxylation is 2. The first kappa shape index (κ1) is 14.8. The van der Waals surface area contributed by atoms with E-state index < -0.39 is 0 Å². The van der Waals surface area contributed by atoms with Gasteiger partial charge in [0.15, 0.2) is 0 Å². The van der Waals surface area contributed by atoms with Crippen LogP contribution in [0.2, 0.25) is 0 Å². The standard InChI is InChI=1S/C17H25NO3/c1-12-6-13(2)16-14(7-12)15(4-3-5-21-16)18-8-17(9-19)10-20-11-17/h6-7,15,18-19H,3-5,8-11H2,1-2H3. The Bertz CT molecular complexity index is 505. The van der Waals surface area contributed by atoms with E-state index in [4.69, 9.17) is 9.47 Å². The van der Waals surface area contributed by atoms with E-state index in [2.05, 4.69) is 31.3 Å². The van der Waals surface area contributed by atoms with Crippen LogP contribution in [0.25, 0.3) is 0 Å². The van der Waals surface area contributed by atoms with Crippen LogP contribution in [0.3, 0.4) is 0 Å². The number of ether oxygens (including phenoxy) is 2. The van der Waals surface area contributed by atoms with E-state index in [-0.39, 0.29) is 12.0 Å². The Morgan fingerprint density at radius 3 is 2.81 bits per heavy atom. The molecule has 1 aromatic carbocycles. The molecule has 2 aliphatic heterocycles. The molecule has 4 nitrogen and oxygen atoms in total. The zero-order valence-electron chi connectivity index (χ0n) is 12.9. The summed E-state index contributed by atoms with van der Waals surface area (Å²) in [6.45, 7) is 7.30. The molecule has 21 heavy (non-hydrogen) atoms. The SMILES string of the molecule is Cc1cc(C)c2c(c1)C(NCC1(CO)COC1)CCCO2. The molecule has 1 unspecified atom stereocenters. The minimum absolute atomic E-state index is 0.0911. The smallest absolute Gasteiger partial charge is 0.126 e. The van der Waals surface area contributed by atoms with Gasteiger partial charge in [-0.15, -0.1) is 0 Å². The van der Waals surface area contributed by atoms with Crippen molar-refractivity contribution in [2.24, 2.45) is 5.41 Å². The van der Waals surface area contributed by atoms with Crippen LogP contribution >= 0.6 is 0 Å². The van der Waals surface area contributed by atoms with Crippen molar-refractivity contribution in [1.29, 1.82) is 0 Å². The summed E-state index contributed by atoms with van der Waals surface area (Å²) in [5.41, 5.74) is 3.65. The number of rotatable bonds is 4. The molecule has 1 saturated heterocycles. The molecular weight excluding hydrogens is 266 g/mol. The summed E-state index contributed by atoms with van der Waals surface area (Å²) in [6.07, 6.45) is 2.12. The van der Waals surface area contributed by atoms with Gasteiger partial charge in [-0.25, -0.2) is 0 Å². The molecule has 0 aromatic heterocycles. The molecule has 1 atom stereocenters. The molecule has 1 fully saturated rings. The molecule has 116 valence electrons. The molecule has 0 radical (unpaired) electrons. The maximum atomic E-state index is 9.56. The lowest BCUT2D eigenvalue weighted by Gasteiger charge is -2.41. The largest absolute Gasteiger partial charge is 0.493 e. The Morgan fingerprint density at radius 2 is 2.14 bits per heavy atom. The van der Waals surface area contributed by atoms with E-state index in [1.165, 1.54) is 16.7 Å². The van der Waals surface area contributed by atoms with Crippen LogP contribution in [0.1, 0.15) is 35.6 Å². The van der Waals surface area contributed by atoms with Crippen LogP contribution in [0.15, 0.2) is 12.1 Å². The van der Waals surface area contributed by atoms with Crippen LogP contribution in [0, 0.1) is 19.3 Å². The van der Waals surface area contributed by atoms with Crippen LogP contribution in [-0.2, 0) is 4.74 Å². The zero-order chi connectivity index (χ0) is 14.9. The fraction of sp³-hybridized carbons (Fsp3) is 0.647. The molecule has 2 aliphatic rings. The van der Waals surface area contributed by atoms with Gasteiger partial charge in [-0.3, -0.25) is 0 Å². The normalized spacial score (nSPS) is 23.7. The molecule has 2 heterocycles. The van der Waals surface area contributed by atoms with Gasteiger partial charge in [0.2, 0.25) is 0 Å². The molecule has 2 N–H and O–H groups in total. The van der Waals surface area contributed by atoms with Gasteiger partial charge in [-0.1, -0.05) is 17.7 Å². The van der Waals surface area contributed by atoms with E-state index >= 15 is 0 Å². The van der Waals surface area contributed by atoms with E-state index in [0.717, 1.165) is 31.7 Å². The highest BCUT2D eigenvalue weighted by atomic mass is 16.5. The number of benzene rings is 1. The number of hydrogen-bond acceptors (Lipinski definition) is 4. The van der Waals surface area contributed by atoms with Crippen molar-refractivity contribution in [3.05, 3.63) is 28.8 Å². The number of aliphatic hydroxyl groups excluding tert-OH is 1. The number of hydrogen-bond donors (Lipinski definition) is 2. The van der Waals surface area contributed by atoms with Gasteiger partial charge >= 0.3 is 0 Å². The maximum Gasteiger partial charge on any atom is 0.126 e. The van der Waals surface area contributed by atoms with Crippen molar-refractivity contribution in [3.8, 4) is 5.75 Å². The summed E-state index contributed by atoms with van der Waals surface area (Å²) in [4.78, 5) is 0. The lowest BCUT2D eigenvalue weighted by molar-refractivity contribution is -0.135. The minimum Gasteiger partial charge on any atom is -0.493 e. The van der Waals surface area contributed by atoms with E-state index in [1.807, 2.05) is 0 Å². The Balaban J connectivity index is 1.80. The maximum absolute atomic E-state index is 9.56. The molecular formula is C17H25NO3. The van der Waals surface area contributed by atoms with Crippen LogP contribution in [0.5, 0.6) is 5.75 Å². The molecule has 4 heteroatoms. The second-order valence-electron chi connectivity index (χ2n) is 6.58. The Hall–Kier alpha value is -1.10. The van der Waals surface area contributed by atoms with Crippen molar-refractivity contribution in [3.63, 3.8) is 0 Å². The van der Waals surface area contributed by atoms with Crippen molar-refractivity contribution in [2.45, 2.75) is 32.7 Å². The Morgan fingerprint density at radius 1 is 1.33 bits per heavy atom. The molecule has 3 rings (SSSR count). The van der Waals surface area contributed by atoms with E-state index in [1.54, 1.807) is 0 Å². The molecule has 0 amide bonds. The van der Waals surface area contributed by atoms with Crippen molar-refractivity contribution in [1.82, 2.24) is 5.32 Å². The van der Waals surface area contributed by atoms with E-state index in [9.17, 15) is 5.11 Å². The average molecular weight is 291 g/mol. The van der Waals surface area contributed by atoms with Gasteiger partial charge in [0.05, 0.1) is 31.8 Å². The highest BCUT2D eigenvalue weighted by Gasteiger charge is 2.38. The Labute approximate surface area is 126 Å². The second kappa shape index (κ2) is 5.95. The molecule has 0 aliphatic carbocycles. The fourth-order valence-corrected chi connectivity index (χ4v) is 3.25. The van der Waals surface area contributed by atoms with Gasteiger partial charge in [0.1, 0.15) is 5.75 Å². The summed E-state index contributed by atoms with van der Waals surface area (Å²) in [5, 5.41) is 13.2. The first-order valence-electron chi connectivity index (χ1n) is 7.79. The summed E-state index contributed by atoms with van der Waals surface area (Å²) in [6, 6.07) is 4.70. The predicted octanol–water partition coefficient (Wildman–Crippen LogP) is 2.12. The fourth-order valence-electron chi connectivity index (χ4n) is 3.25. The summed E-state index contributed by atoms with van der Waals surface area (Å²) < 4.78 is 11.2. The molecule has 0 saturated carbocycles. The third-order valence-corrected chi connectivity index (χ3v) is 4.58. The first-order chi connectivity index (χ1) is 10.1. The van der Waals surface area contributed by atoms with Gasteiger partial charge in [0.25, 0.3) is 0 Å². The van der Waals surface area contributed by atoms with Gasteiger partial charge in [0, 0.05) is 18.2 Å². The van der Waals surface area contributed by atoms with Crippen LogP contribution in [0.4, 0.5) is 0 Å². The second-order valence-corrected chi connectivity index (χ2v) is 6.58. The van der Waals surface area contributed by atoms with Gasteiger partial charge < -0.3 is 19.9 Å². The summed E-state index contributed by atoms with van der Waals surface area (Å²) in [7, 11) is 0.